The Hall–Kier alpha value is -3.65. The molecule has 3 heterocycles. The van der Waals surface area contributed by atoms with E-state index in [0.29, 0.717) is 5.69 Å². The van der Waals surface area contributed by atoms with Crippen LogP contribution in [0.25, 0.3) is 0 Å². The number of piperidine rings is 1. The van der Waals surface area contributed by atoms with Gasteiger partial charge in [0.1, 0.15) is 17.6 Å². The number of halogens is 4. The number of nitrogens with zero attached hydrogens (tertiary/aromatic N) is 4. The van der Waals surface area contributed by atoms with E-state index < -0.39 is 65.9 Å². The van der Waals surface area contributed by atoms with Crippen LogP contribution in [0, 0.1) is 11.3 Å². The highest BCUT2D eigenvalue weighted by Crippen LogP contribution is 2.40. The fourth-order valence-electron chi connectivity index (χ4n) is 4.95. The molecule has 3 N–H and O–H groups in total. The van der Waals surface area contributed by atoms with Crippen molar-refractivity contribution < 1.29 is 36.7 Å². The first-order chi connectivity index (χ1) is 20.5. The minimum Gasteiger partial charge on any atom is -0.374 e. The van der Waals surface area contributed by atoms with E-state index in [9.17, 15) is 31.9 Å². The summed E-state index contributed by atoms with van der Waals surface area (Å²) in [7, 11) is 0. The lowest BCUT2D eigenvalue weighted by molar-refractivity contribution is -0.148. The summed E-state index contributed by atoms with van der Waals surface area (Å²) in [6.45, 7) is 10.4. The second kappa shape index (κ2) is 14.0. The van der Waals surface area contributed by atoms with Crippen LogP contribution >= 0.6 is 0 Å². The van der Waals surface area contributed by atoms with E-state index in [-0.39, 0.29) is 50.4 Å². The SMILES string of the molecule is C=CC(C)C(F)C(=C)COCC(NC(=O)C(C)(C)N)C(=O)N1CC[C@@]2(Cc3ccccn3)C(=O)N(CCC(F)(F)F)N=C2C1. The van der Waals surface area contributed by atoms with Gasteiger partial charge in [0.15, 0.2) is 0 Å². The van der Waals surface area contributed by atoms with E-state index in [1.165, 1.54) is 24.8 Å². The molecule has 3 unspecified atom stereocenters. The molecule has 3 rings (SSSR count). The lowest BCUT2D eigenvalue weighted by atomic mass is 9.73. The van der Waals surface area contributed by atoms with Gasteiger partial charge in [-0.15, -0.1) is 6.58 Å². The molecule has 1 aromatic heterocycles. The summed E-state index contributed by atoms with van der Waals surface area (Å²) >= 11 is 0. The standard InChI is InChI=1S/C30H40F4N6O4/c1-6-19(2)24(31)20(3)17-44-18-22(37-26(42)28(4,5)35)25(41)39-13-10-29(15-21-9-7-8-12-36-21)23(16-39)38-40(27(29)43)14-11-30(32,33)34/h6-9,12,19,22,24H,1,3,10-11,13-18,35H2,2,4-5H3,(H,37,42)/t19?,22?,24?,29-/m0/s1. The predicted molar refractivity (Wildman–Crippen MR) is 156 cm³/mol. The molecule has 242 valence electrons. The van der Waals surface area contributed by atoms with Gasteiger partial charge in [-0.3, -0.25) is 19.4 Å². The highest BCUT2D eigenvalue weighted by molar-refractivity contribution is 6.14. The first-order valence-corrected chi connectivity index (χ1v) is 14.3. The molecular formula is C30H40F4N6O4. The zero-order chi connectivity index (χ0) is 32.9. The van der Waals surface area contributed by atoms with Gasteiger partial charge in [0.05, 0.1) is 44.0 Å². The van der Waals surface area contributed by atoms with Crippen LogP contribution in [0.5, 0.6) is 0 Å². The van der Waals surface area contributed by atoms with Crippen LogP contribution in [-0.4, -0.2) is 95.1 Å². The Balaban J connectivity index is 1.83. The van der Waals surface area contributed by atoms with Gasteiger partial charge in [-0.25, -0.2) is 9.40 Å². The van der Waals surface area contributed by atoms with E-state index in [1.807, 2.05) is 0 Å². The van der Waals surface area contributed by atoms with Crippen molar-refractivity contribution in [3.63, 3.8) is 0 Å². The zero-order valence-corrected chi connectivity index (χ0v) is 25.2. The number of ether oxygens (including phenoxy) is 1. The molecule has 3 amide bonds. The number of carbonyl (C=O) groups excluding carboxylic acids is 3. The Labute approximate surface area is 254 Å². The number of aromatic nitrogens is 1. The number of hydrazone groups is 1. The Kier molecular flexibility index (Phi) is 11.1. The normalized spacial score (nSPS) is 20.8. The Bertz CT molecular complexity index is 1270. The number of nitrogens with two attached hydrogens (primary N) is 1. The van der Waals surface area contributed by atoms with Crippen LogP contribution < -0.4 is 11.1 Å². The molecule has 1 aromatic rings. The number of nitrogens with one attached hydrogen (secondary N) is 1. The molecular weight excluding hydrogens is 584 g/mol. The van der Waals surface area contributed by atoms with E-state index in [0.717, 1.165) is 5.01 Å². The third-order valence-corrected chi connectivity index (χ3v) is 7.70. The molecule has 10 nitrogen and oxygen atoms in total. The highest BCUT2D eigenvalue weighted by Gasteiger charge is 2.54. The molecule has 44 heavy (non-hydrogen) atoms. The second-order valence-electron chi connectivity index (χ2n) is 11.8. The topological polar surface area (TPSA) is 130 Å². The number of rotatable bonds is 14. The van der Waals surface area contributed by atoms with Crippen molar-refractivity contribution >= 4 is 23.4 Å². The van der Waals surface area contributed by atoms with Crippen molar-refractivity contribution in [3.8, 4) is 0 Å². The molecule has 0 aromatic carbocycles. The third-order valence-electron chi connectivity index (χ3n) is 7.70. The molecule has 14 heteroatoms. The average Bonchev–Trinajstić information content (AvgIpc) is 3.23. The second-order valence-corrected chi connectivity index (χ2v) is 11.8. The van der Waals surface area contributed by atoms with Crippen molar-refractivity contribution in [1.82, 2.24) is 20.2 Å². The Morgan fingerprint density at radius 2 is 2.00 bits per heavy atom. The van der Waals surface area contributed by atoms with Gasteiger partial charge >= 0.3 is 6.18 Å². The third kappa shape index (κ3) is 8.50. The number of hydrogen-bond donors (Lipinski definition) is 2. The number of fused-ring (bicyclic) bond motifs is 1. The van der Waals surface area contributed by atoms with Crippen LogP contribution in [0.1, 0.15) is 39.3 Å². The molecule has 2 aliphatic heterocycles. The Morgan fingerprint density at radius 3 is 2.59 bits per heavy atom. The fraction of sp³-hybridized carbons (Fsp3) is 0.567. The largest absolute Gasteiger partial charge is 0.390 e. The van der Waals surface area contributed by atoms with E-state index in [2.05, 4.69) is 28.6 Å². The first kappa shape index (κ1) is 34.8. The van der Waals surface area contributed by atoms with Crippen molar-refractivity contribution in [2.75, 3.05) is 32.8 Å². The fourth-order valence-corrected chi connectivity index (χ4v) is 4.95. The first-order valence-electron chi connectivity index (χ1n) is 14.3. The molecule has 2 aliphatic rings. The summed E-state index contributed by atoms with van der Waals surface area (Å²) in [5.74, 6) is -2.32. The molecule has 0 spiro atoms. The minimum atomic E-state index is -4.50. The number of pyridine rings is 1. The summed E-state index contributed by atoms with van der Waals surface area (Å²) in [5, 5.41) is 7.67. The van der Waals surface area contributed by atoms with Gasteiger partial charge in [0.25, 0.3) is 5.91 Å². The van der Waals surface area contributed by atoms with Crippen LogP contribution in [-0.2, 0) is 25.5 Å². The van der Waals surface area contributed by atoms with Crippen molar-refractivity contribution in [1.29, 1.82) is 0 Å². The van der Waals surface area contributed by atoms with Crippen molar-refractivity contribution in [2.24, 2.45) is 22.2 Å². The van der Waals surface area contributed by atoms with E-state index in [1.54, 1.807) is 31.3 Å². The molecule has 0 radical (unpaired) electrons. The molecule has 1 saturated heterocycles. The van der Waals surface area contributed by atoms with E-state index in [4.69, 9.17) is 10.5 Å². The van der Waals surface area contributed by atoms with Crippen LogP contribution in [0.3, 0.4) is 0 Å². The van der Waals surface area contributed by atoms with Gasteiger partial charge < -0.3 is 20.7 Å². The minimum absolute atomic E-state index is 0.0397. The summed E-state index contributed by atoms with van der Waals surface area (Å²) in [6.07, 6.45) is -4.01. The van der Waals surface area contributed by atoms with Crippen molar-refractivity contribution in [3.05, 3.63) is 54.9 Å². The number of likely N-dealkylation sites (tertiary alicyclic amines) is 1. The maximum Gasteiger partial charge on any atom is 0.390 e. The van der Waals surface area contributed by atoms with Gasteiger partial charge in [0, 0.05) is 30.8 Å². The summed E-state index contributed by atoms with van der Waals surface area (Å²) in [5.41, 5.74) is 4.21. The maximum absolute atomic E-state index is 14.5. The van der Waals surface area contributed by atoms with Gasteiger partial charge in [-0.05, 0) is 38.0 Å². The molecule has 1 fully saturated rings. The molecule has 0 bridgehead atoms. The average molecular weight is 625 g/mol. The monoisotopic (exact) mass is 624 g/mol. The molecule has 4 atom stereocenters. The lowest BCUT2D eigenvalue weighted by Gasteiger charge is -2.39. The van der Waals surface area contributed by atoms with Gasteiger partial charge in [-0.1, -0.05) is 25.6 Å². The zero-order valence-electron chi connectivity index (χ0n) is 25.2. The van der Waals surface area contributed by atoms with Gasteiger partial charge in [0.2, 0.25) is 11.8 Å². The van der Waals surface area contributed by atoms with Gasteiger partial charge in [-0.2, -0.15) is 18.3 Å². The van der Waals surface area contributed by atoms with Crippen LogP contribution in [0.2, 0.25) is 0 Å². The number of hydrogen-bond acceptors (Lipinski definition) is 7. The molecule has 0 saturated carbocycles. The molecule has 0 aliphatic carbocycles. The van der Waals surface area contributed by atoms with Crippen LogP contribution in [0.15, 0.2) is 54.3 Å². The Morgan fingerprint density at radius 1 is 1.30 bits per heavy atom. The number of amides is 3. The number of allylic oxidation sites excluding steroid dienone is 1. The number of carbonyl (C=O) groups is 3. The van der Waals surface area contributed by atoms with E-state index >= 15 is 0 Å². The summed E-state index contributed by atoms with van der Waals surface area (Å²) < 4.78 is 59.1. The predicted octanol–water partition coefficient (Wildman–Crippen LogP) is 2.95. The summed E-state index contributed by atoms with van der Waals surface area (Å²) in [4.78, 5) is 45.7. The smallest absolute Gasteiger partial charge is 0.374 e. The highest BCUT2D eigenvalue weighted by atomic mass is 19.4. The van der Waals surface area contributed by atoms with Crippen molar-refractivity contribution in [2.45, 2.75) is 64.0 Å². The quantitative estimate of drug-likeness (QED) is 0.242. The maximum atomic E-state index is 14.5. The summed E-state index contributed by atoms with van der Waals surface area (Å²) in [6, 6.07) is 3.90. The lowest BCUT2D eigenvalue weighted by Crippen LogP contribution is -2.60. The van der Waals surface area contributed by atoms with Crippen LogP contribution in [0.4, 0.5) is 17.6 Å². The number of alkyl halides is 4.